The first-order chi connectivity index (χ1) is 12.6. The molecule has 142 valence electrons. The average Bonchev–Trinajstić information content (AvgIpc) is 2.84. The van der Waals surface area contributed by atoms with Gasteiger partial charge in [0, 0.05) is 16.9 Å². The van der Waals surface area contributed by atoms with E-state index in [4.69, 9.17) is 27.9 Å². The summed E-state index contributed by atoms with van der Waals surface area (Å²) in [7, 11) is -3.97. The molecule has 0 unspecified atom stereocenters. The smallest absolute Gasteiger partial charge is 0.338 e. The highest BCUT2D eigenvalue weighted by atomic mass is 35.5. The van der Waals surface area contributed by atoms with Crippen molar-refractivity contribution in [3.05, 3.63) is 53.6 Å². The first kappa shape index (κ1) is 19.5. The van der Waals surface area contributed by atoms with E-state index >= 15 is 0 Å². The van der Waals surface area contributed by atoms with E-state index in [1.165, 1.54) is 42.5 Å². The fourth-order valence-corrected chi connectivity index (χ4v) is 3.98. The van der Waals surface area contributed by atoms with Gasteiger partial charge in [-0.3, -0.25) is 9.52 Å². The lowest BCUT2D eigenvalue weighted by Crippen LogP contribution is -2.21. The monoisotopic (exact) mass is 428 g/mol. The first-order valence-electron chi connectivity index (χ1n) is 7.79. The summed E-state index contributed by atoms with van der Waals surface area (Å²) in [4.78, 5) is 23.3. The molecule has 0 fully saturated rings. The normalized spacial score (nSPS) is 15.0. The van der Waals surface area contributed by atoms with E-state index in [0.29, 0.717) is 11.3 Å². The lowest BCUT2D eigenvalue weighted by Gasteiger charge is -2.12. The molecule has 0 aliphatic carbocycles. The summed E-state index contributed by atoms with van der Waals surface area (Å²) in [6.07, 6.45) is 0. The number of carbonyl (C=O) groups excluding carboxylic acids is 2. The van der Waals surface area contributed by atoms with Gasteiger partial charge in [-0.15, -0.1) is 0 Å². The molecule has 27 heavy (non-hydrogen) atoms. The van der Waals surface area contributed by atoms with Crippen LogP contribution in [0.3, 0.4) is 0 Å². The number of hydrogen-bond acceptors (Lipinski definition) is 5. The summed E-state index contributed by atoms with van der Waals surface area (Å²) < 4.78 is 30.6. The molecule has 0 radical (unpaired) electrons. The van der Waals surface area contributed by atoms with Crippen LogP contribution >= 0.6 is 23.2 Å². The summed E-state index contributed by atoms with van der Waals surface area (Å²) in [6, 6.07) is 9.75. The van der Waals surface area contributed by atoms with Crippen molar-refractivity contribution < 1.29 is 22.7 Å². The number of anilines is 2. The van der Waals surface area contributed by atoms with Gasteiger partial charge < -0.3 is 10.1 Å². The quantitative estimate of drug-likeness (QED) is 0.561. The summed E-state index contributed by atoms with van der Waals surface area (Å²) >= 11 is 12.0. The highest BCUT2D eigenvalue weighted by molar-refractivity contribution is 7.92. The second kappa shape index (κ2) is 7.03. The molecule has 1 aliphatic heterocycles. The lowest BCUT2D eigenvalue weighted by molar-refractivity contribution is -0.116. The number of fused-ring (bicyclic) bond motifs is 1. The van der Waals surface area contributed by atoms with Crippen LogP contribution in [0, 0.1) is 0 Å². The molecule has 0 saturated heterocycles. The van der Waals surface area contributed by atoms with Gasteiger partial charge in [-0.05, 0) is 49.4 Å². The molecule has 1 amide bonds. The minimum absolute atomic E-state index is 0.113. The van der Waals surface area contributed by atoms with Crippen LogP contribution in [0.25, 0.3) is 0 Å². The van der Waals surface area contributed by atoms with E-state index in [2.05, 4.69) is 10.0 Å². The van der Waals surface area contributed by atoms with Gasteiger partial charge in [-0.2, -0.15) is 0 Å². The van der Waals surface area contributed by atoms with Crippen molar-refractivity contribution in [1.29, 1.82) is 0 Å². The summed E-state index contributed by atoms with van der Waals surface area (Å²) in [5.41, 5.74) is 1.07. The number of hydrogen-bond donors (Lipinski definition) is 2. The molecule has 0 saturated carbocycles. The predicted octanol–water partition coefficient (Wildman–Crippen LogP) is 3.25. The molecule has 3 rings (SSSR count). The molecular formula is C17H14Cl2N2O5S. The topological polar surface area (TPSA) is 102 Å². The Labute approximate surface area is 165 Å². The van der Waals surface area contributed by atoms with Gasteiger partial charge in [0.05, 0.1) is 17.1 Å². The van der Waals surface area contributed by atoms with Crippen LogP contribution in [0.1, 0.15) is 22.8 Å². The SMILES string of the molecule is CCOC(=O)c1ccc(NS(=O)(=O)c2ccc3c(c2)C(Cl)(Cl)C(=O)N3)cc1. The number of alkyl halides is 2. The average molecular weight is 429 g/mol. The van der Waals surface area contributed by atoms with Crippen molar-refractivity contribution >= 4 is 56.5 Å². The van der Waals surface area contributed by atoms with Gasteiger partial charge >= 0.3 is 5.97 Å². The first-order valence-corrected chi connectivity index (χ1v) is 10.0. The third-order valence-corrected chi connectivity index (χ3v) is 5.95. The maximum atomic E-state index is 12.6. The van der Waals surface area contributed by atoms with E-state index in [0.717, 1.165) is 0 Å². The maximum Gasteiger partial charge on any atom is 0.338 e. The van der Waals surface area contributed by atoms with Crippen molar-refractivity contribution in [2.75, 3.05) is 16.6 Å². The highest BCUT2D eigenvalue weighted by Crippen LogP contribution is 2.45. The van der Waals surface area contributed by atoms with Gasteiger partial charge in [0.1, 0.15) is 0 Å². The van der Waals surface area contributed by atoms with Crippen LogP contribution in [0.2, 0.25) is 0 Å². The summed E-state index contributed by atoms with van der Waals surface area (Å²) in [5.74, 6) is -1.14. The number of rotatable bonds is 5. The number of carbonyl (C=O) groups is 2. The third kappa shape index (κ3) is 3.73. The van der Waals surface area contributed by atoms with Gasteiger partial charge in [0.15, 0.2) is 0 Å². The van der Waals surface area contributed by atoms with Gasteiger partial charge in [0.2, 0.25) is 4.33 Å². The van der Waals surface area contributed by atoms with Crippen molar-refractivity contribution in [3.63, 3.8) is 0 Å². The minimum atomic E-state index is -3.97. The molecule has 0 bridgehead atoms. The zero-order valence-electron chi connectivity index (χ0n) is 14.0. The fourth-order valence-electron chi connectivity index (χ4n) is 2.49. The van der Waals surface area contributed by atoms with Crippen molar-refractivity contribution in [3.8, 4) is 0 Å². The molecule has 0 atom stereocenters. The van der Waals surface area contributed by atoms with E-state index in [1.54, 1.807) is 6.92 Å². The number of ether oxygens (including phenoxy) is 1. The maximum absolute atomic E-state index is 12.6. The van der Waals surface area contributed by atoms with E-state index in [-0.39, 0.29) is 22.8 Å². The Kier molecular flexibility index (Phi) is 5.07. The molecule has 1 aliphatic rings. The molecule has 0 aromatic heterocycles. The second-order valence-corrected chi connectivity index (χ2v) is 8.65. The van der Waals surface area contributed by atoms with Gasteiger partial charge in [0.25, 0.3) is 15.9 Å². The minimum Gasteiger partial charge on any atom is -0.462 e. The van der Waals surface area contributed by atoms with Crippen LogP contribution in [-0.2, 0) is 23.9 Å². The van der Waals surface area contributed by atoms with E-state index < -0.39 is 26.2 Å². The van der Waals surface area contributed by atoms with Crippen LogP contribution < -0.4 is 10.0 Å². The number of benzene rings is 2. The summed E-state index contributed by atoms with van der Waals surface area (Å²) in [5, 5.41) is 2.48. The van der Waals surface area contributed by atoms with E-state index in [1.807, 2.05) is 0 Å². The molecular weight excluding hydrogens is 415 g/mol. The molecule has 2 aromatic carbocycles. The van der Waals surface area contributed by atoms with Crippen LogP contribution in [0.4, 0.5) is 11.4 Å². The number of halogens is 2. The number of sulfonamides is 1. The number of nitrogens with one attached hydrogen (secondary N) is 2. The number of amides is 1. The zero-order chi connectivity index (χ0) is 19.8. The molecule has 2 N–H and O–H groups in total. The lowest BCUT2D eigenvalue weighted by atomic mass is 10.1. The zero-order valence-corrected chi connectivity index (χ0v) is 16.3. The Balaban J connectivity index is 1.85. The second-order valence-electron chi connectivity index (χ2n) is 5.64. The van der Waals surface area contributed by atoms with Gasteiger partial charge in [-0.25, -0.2) is 13.2 Å². The van der Waals surface area contributed by atoms with Crippen molar-refractivity contribution in [1.82, 2.24) is 0 Å². The number of esters is 1. The van der Waals surface area contributed by atoms with Crippen LogP contribution in [0.15, 0.2) is 47.4 Å². The summed E-state index contributed by atoms with van der Waals surface area (Å²) in [6.45, 7) is 1.93. The largest absolute Gasteiger partial charge is 0.462 e. The Morgan fingerprint density at radius 3 is 2.48 bits per heavy atom. The Hall–Kier alpha value is -2.29. The Morgan fingerprint density at radius 2 is 1.85 bits per heavy atom. The Morgan fingerprint density at radius 1 is 1.19 bits per heavy atom. The molecule has 1 heterocycles. The van der Waals surface area contributed by atoms with Crippen molar-refractivity contribution in [2.24, 2.45) is 0 Å². The predicted molar refractivity (Wildman–Crippen MR) is 102 cm³/mol. The van der Waals surface area contributed by atoms with E-state index in [9.17, 15) is 18.0 Å². The highest BCUT2D eigenvalue weighted by Gasteiger charge is 2.44. The molecule has 0 spiro atoms. The third-order valence-electron chi connectivity index (χ3n) is 3.82. The van der Waals surface area contributed by atoms with Crippen LogP contribution in [0.5, 0.6) is 0 Å². The molecule has 10 heteroatoms. The standard InChI is InChI=1S/C17H14Cl2N2O5S/c1-2-26-15(22)10-3-5-11(6-4-10)21-27(24,25)12-7-8-14-13(9-12)17(18,19)16(23)20-14/h3-9,21H,2H2,1H3,(H,20,23). The van der Waals surface area contributed by atoms with Crippen LogP contribution in [-0.4, -0.2) is 26.9 Å². The Bertz CT molecular complexity index is 1020. The fraction of sp³-hybridized carbons (Fsp3) is 0.176. The molecule has 2 aromatic rings. The van der Waals surface area contributed by atoms with Gasteiger partial charge in [-0.1, -0.05) is 23.2 Å². The van der Waals surface area contributed by atoms with Crippen molar-refractivity contribution in [2.45, 2.75) is 16.2 Å². The molecule has 7 nitrogen and oxygen atoms in total.